The number of halogens is 7. The van der Waals surface area contributed by atoms with E-state index in [0.717, 1.165) is 0 Å². The van der Waals surface area contributed by atoms with Crippen molar-refractivity contribution in [3.8, 4) is 11.4 Å². The Kier molecular flexibility index (Phi) is 5.70. The van der Waals surface area contributed by atoms with Crippen LogP contribution in [0.5, 0.6) is 0 Å². The predicted molar refractivity (Wildman–Crippen MR) is 96.4 cm³/mol. The minimum absolute atomic E-state index is 0.0332. The normalized spacial score (nSPS) is 12.0. The van der Waals surface area contributed by atoms with E-state index in [0.29, 0.717) is 22.2 Å². The summed E-state index contributed by atoms with van der Waals surface area (Å²) in [6, 6.07) is 4.31. The average Bonchev–Trinajstić information content (AvgIpc) is 3.16. The molecule has 0 saturated carbocycles. The molecule has 1 aromatic heterocycles. The number of nitrogens with zero attached hydrogens (tertiary/aromatic N) is 3. The number of benzene rings is 2. The fraction of sp³-hybridized carbons (Fsp3) is 0.125. The Hall–Kier alpha value is -3.16. The Morgan fingerprint density at radius 2 is 1.57 bits per heavy atom. The summed E-state index contributed by atoms with van der Waals surface area (Å²) in [5.41, 5.74) is -3.13. The number of amides is 2. The Balaban J connectivity index is 1.85. The lowest BCUT2D eigenvalue weighted by molar-refractivity contribution is -0.143. The summed E-state index contributed by atoms with van der Waals surface area (Å²) < 4.78 is 78.0. The fourth-order valence-corrected chi connectivity index (χ4v) is 2.71. The summed E-state index contributed by atoms with van der Waals surface area (Å²) in [6.07, 6.45) is -10.1. The van der Waals surface area contributed by atoms with Crippen molar-refractivity contribution < 1.29 is 31.1 Å². The Morgan fingerprint density at radius 1 is 0.933 bits per heavy atom. The van der Waals surface area contributed by atoms with E-state index in [4.69, 9.17) is 0 Å². The van der Waals surface area contributed by atoms with Gasteiger partial charge in [0.1, 0.15) is 0 Å². The van der Waals surface area contributed by atoms with Gasteiger partial charge in [-0.1, -0.05) is 0 Å². The molecule has 0 radical (unpaired) electrons. The summed E-state index contributed by atoms with van der Waals surface area (Å²) >= 11 is 3.18. The number of anilines is 2. The third kappa shape index (κ3) is 5.06. The molecule has 0 bridgehead atoms. The van der Waals surface area contributed by atoms with Gasteiger partial charge < -0.3 is 10.6 Å². The second-order valence-electron chi connectivity index (χ2n) is 5.82. The molecule has 158 valence electrons. The molecule has 3 N–H and O–H groups in total. The van der Waals surface area contributed by atoms with Crippen LogP contribution in [0, 0.1) is 0 Å². The number of carbonyl (C=O) groups is 1. The van der Waals surface area contributed by atoms with E-state index in [1.165, 1.54) is 6.07 Å². The van der Waals surface area contributed by atoms with Crippen LogP contribution in [0.2, 0.25) is 0 Å². The number of H-pyrrole nitrogens is 1. The molecule has 30 heavy (non-hydrogen) atoms. The highest BCUT2D eigenvalue weighted by Crippen LogP contribution is 2.37. The quantitative estimate of drug-likeness (QED) is 0.430. The first kappa shape index (κ1) is 21.5. The number of alkyl halides is 6. The molecule has 0 saturated heterocycles. The van der Waals surface area contributed by atoms with Gasteiger partial charge in [0.25, 0.3) is 0 Å². The van der Waals surface area contributed by atoms with E-state index in [1.54, 1.807) is 12.1 Å². The van der Waals surface area contributed by atoms with Gasteiger partial charge in [-0.2, -0.15) is 26.3 Å². The van der Waals surface area contributed by atoms with Gasteiger partial charge in [0.15, 0.2) is 5.82 Å². The van der Waals surface area contributed by atoms with Gasteiger partial charge >= 0.3 is 18.4 Å². The SMILES string of the molecule is O=C(Nc1cc(C(F)(F)F)cc(C(F)(F)F)c1)Nc1cc(-c2nnn[nH]2)ccc1Br. The maximum absolute atomic E-state index is 12.9. The molecule has 0 aliphatic heterocycles. The van der Waals surface area contributed by atoms with Gasteiger partial charge in [0, 0.05) is 15.7 Å². The zero-order valence-corrected chi connectivity index (χ0v) is 15.9. The molecule has 0 atom stereocenters. The van der Waals surface area contributed by atoms with Gasteiger partial charge in [-0.25, -0.2) is 9.89 Å². The largest absolute Gasteiger partial charge is 0.416 e. The maximum atomic E-state index is 12.9. The first-order valence-corrected chi connectivity index (χ1v) is 8.64. The highest BCUT2D eigenvalue weighted by Gasteiger charge is 2.37. The van der Waals surface area contributed by atoms with Crippen LogP contribution < -0.4 is 10.6 Å². The molecule has 3 rings (SSSR count). The lowest BCUT2D eigenvalue weighted by Crippen LogP contribution is -2.21. The predicted octanol–water partition coefficient (Wildman–Crippen LogP) is 5.31. The Morgan fingerprint density at radius 3 is 2.10 bits per heavy atom. The van der Waals surface area contributed by atoms with Crippen molar-refractivity contribution in [3.63, 3.8) is 0 Å². The number of aromatic amines is 1. The van der Waals surface area contributed by atoms with E-state index >= 15 is 0 Å². The van der Waals surface area contributed by atoms with Crippen LogP contribution in [0.15, 0.2) is 40.9 Å². The Bertz CT molecular complexity index is 1030. The zero-order chi connectivity index (χ0) is 22.1. The summed E-state index contributed by atoms with van der Waals surface area (Å²) in [4.78, 5) is 12.2. The van der Waals surface area contributed by atoms with Crippen LogP contribution in [0.4, 0.5) is 42.5 Å². The molecule has 2 amide bonds. The lowest BCUT2D eigenvalue weighted by Gasteiger charge is -2.15. The molecule has 1 heterocycles. The first-order valence-electron chi connectivity index (χ1n) is 7.84. The summed E-state index contributed by atoms with van der Waals surface area (Å²) in [7, 11) is 0. The molecule has 0 spiro atoms. The molecule has 2 aromatic carbocycles. The molecule has 3 aromatic rings. The smallest absolute Gasteiger partial charge is 0.308 e. The summed E-state index contributed by atoms with van der Waals surface area (Å²) in [6.45, 7) is 0. The van der Waals surface area contributed by atoms with E-state index in [2.05, 4.69) is 41.9 Å². The van der Waals surface area contributed by atoms with Crippen molar-refractivity contribution in [2.75, 3.05) is 10.6 Å². The van der Waals surface area contributed by atoms with Crippen LogP contribution in [0.25, 0.3) is 11.4 Å². The van der Waals surface area contributed by atoms with Crippen LogP contribution in [-0.2, 0) is 12.4 Å². The van der Waals surface area contributed by atoms with Gasteiger partial charge in [0.05, 0.1) is 16.8 Å². The van der Waals surface area contributed by atoms with Gasteiger partial charge in [0.2, 0.25) is 0 Å². The van der Waals surface area contributed by atoms with Crippen molar-refractivity contribution >= 4 is 33.3 Å². The number of urea groups is 1. The standard InChI is InChI=1S/C16H9BrF6N6O/c17-11-2-1-7(13-26-28-29-27-13)3-12(11)25-14(30)24-10-5-8(15(18,19)20)4-9(6-10)16(21,22)23/h1-6H,(H2,24,25,30)(H,26,27,28,29). The lowest BCUT2D eigenvalue weighted by atomic mass is 10.1. The van der Waals surface area contributed by atoms with Crippen molar-refractivity contribution in [3.05, 3.63) is 52.0 Å². The molecule has 7 nitrogen and oxygen atoms in total. The number of hydrogen-bond donors (Lipinski definition) is 3. The van der Waals surface area contributed by atoms with E-state index < -0.39 is 35.2 Å². The Labute approximate surface area is 172 Å². The second-order valence-corrected chi connectivity index (χ2v) is 6.67. The summed E-state index contributed by atoms with van der Waals surface area (Å²) in [5.74, 6) is 0.277. The number of rotatable bonds is 3. The average molecular weight is 495 g/mol. The van der Waals surface area contributed by atoms with Crippen LogP contribution in [0.1, 0.15) is 11.1 Å². The topological polar surface area (TPSA) is 95.6 Å². The molecule has 0 aliphatic carbocycles. The molecule has 0 fully saturated rings. The van der Waals surface area contributed by atoms with Gasteiger partial charge in [-0.3, -0.25) is 0 Å². The minimum Gasteiger partial charge on any atom is -0.308 e. The monoisotopic (exact) mass is 494 g/mol. The third-order valence-corrected chi connectivity index (χ3v) is 4.37. The van der Waals surface area contributed by atoms with Crippen molar-refractivity contribution in [2.24, 2.45) is 0 Å². The molecule has 14 heteroatoms. The van der Waals surface area contributed by atoms with Gasteiger partial charge in [-0.05, 0) is 62.8 Å². The van der Waals surface area contributed by atoms with Crippen LogP contribution in [0.3, 0.4) is 0 Å². The van der Waals surface area contributed by atoms with Crippen molar-refractivity contribution in [1.29, 1.82) is 0 Å². The van der Waals surface area contributed by atoms with Crippen molar-refractivity contribution in [2.45, 2.75) is 12.4 Å². The van der Waals surface area contributed by atoms with E-state index in [1.807, 2.05) is 5.32 Å². The van der Waals surface area contributed by atoms with Crippen LogP contribution >= 0.6 is 15.9 Å². The molecular formula is C16H9BrF6N6O. The molecule has 0 aliphatic rings. The van der Waals surface area contributed by atoms with E-state index in [-0.39, 0.29) is 17.6 Å². The number of tetrazole rings is 1. The first-order chi connectivity index (χ1) is 13.9. The van der Waals surface area contributed by atoms with E-state index in [9.17, 15) is 31.1 Å². The third-order valence-electron chi connectivity index (χ3n) is 3.68. The zero-order valence-electron chi connectivity index (χ0n) is 14.4. The fourth-order valence-electron chi connectivity index (χ4n) is 2.36. The molecule has 0 unspecified atom stereocenters. The number of carbonyl (C=O) groups excluding carboxylic acids is 1. The number of aromatic nitrogens is 4. The van der Waals surface area contributed by atoms with Gasteiger partial charge in [-0.15, -0.1) is 5.10 Å². The minimum atomic E-state index is -5.03. The highest BCUT2D eigenvalue weighted by molar-refractivity contribution is 9.10. The van der Waals surface area contributed by atoms with Crippen LogP contribution in [-0.4, -0.2) is 26.7 Å². The summed E-state index contributed by atoms with van der Waals surface area (Å²) in [5, 5.41) is 17.3. The number of nitrogens with one attached hydrogen (secondary N) is 3. The number of hydrogen-bond acceptors (Lipinski definition) is 4. The maximum Gasteiger partial charge on any atom is 0.416 e. The highest BCUT2D eigenvalue weighted by atomic mass is 79.9. The van der Waals surface area contributed by atoms with Crippen molar-refractivity contribution in [1.82, 2.24) is 20.6 Å². The second kappa shape index (κ2) is 7.93. The molecular weight excluding hydrogens is 486 g/mol.